The fraction of sp³-hybridized carbons (Fsp3) is 0.436. The highest BCUT2D eigenvalue weighted by Gasteiger charge is 2.32. The summed E-state index contributed by atoms with van der Waals surface area (Å²) in [6.07, 6.45) is 3.53. The summed E-state index contributed by atoms with van der Waals surface area (Å²) in [5.41, 5.74) is 17.0. The lowest BCUT2D eigenvalue weighted by Gasteiger charge is -2.39. The second-order valence-corrected chi connectivity index (χ2v) is 19.8. The van der Waals surface area contributed by atoms with E-state index in [0.29, 0.717) is 69.2 Å². The smallest absolute Gasteiger partial charge is 0.410 e. The molecule has 10 rings (SSSR count). The van der Waals surface area contributed by atoms with E-state index >= 15 is 0 Å². The van der Waals surface area contributed by atoms with Crippen LogP contribution in [0.1, 0.15) is 57.6 Å². The highest BCUT2D eigenvalue weighted by Crippen LogP contribution is 2.33. The number of amides is 1. The molecule has 6 heterocycles. The molecule has 2 fully saturated rings. The van der Waals surface area contributed by atoms with Gasteiger partial charge in [0, 0.05) is 98.7 Å². The number of fused-ring (bicyclic) bond motifs is 4. The maximum Gasteiger partial charge on any atom is 0.410 e. The van der Waals surface area contributed by atoms with Gasteiger partial charge < -0.3 is 64.3 Å². The number of rotatable bonds is 12. The molecule has 0 saturated carbocycles. The van der Waals surface area contributed by atoms with Gasteiger partial charge in [-0.15, -0.1) is 0 Å². The molecule has 4 aromatic carbocycles. The van der Waals surface area contributed by atoms with Crippen LogP contribution in [0.15, 0.2) is 107 Å². The van der Waals surface area contributed by atoms with Crippen LogP contribution < -0.4 is 46.9 Å². The lowest BCUT2D eigenvalue weighted by molar-refractivity contribution is 0.00562. The van der Waals surface area contributed by atoms with Gasteiger partial charge in [-0.2, -0.15) is 0 Å². The monoisotopic (exact) mass is 969 g/mol. The van der Waals surface area contributed by atoms with Crippen LogP contribution >= 0.6 is 0 Å². The highest BCUT2D eigenvalue weighted by molar-refractivity contribution is 5.91. The summed E-state index contributed by atoms with van der Waals surface area (Å²) >= 11 is 0. The molecule has 376 valence electrons. The summed E-state index contributed by atoms with van der Waals surface area (Å²) in [7, 11) is 0. The molecule has 2 aromatic heterocycles. The van der Waals surface area contributed by atoms with Crippen molar-refractivity contribution in [1.29, 1.82) is 0 Å². The van der Waals surface area contributed by atoms with Crippen LogP contribution in [0.4, 0.5) is 16.2 Å². The van der Waals surface area contributed by atoms with Crippen LogP contribution in [-0.4, -0.2) is 113 Å². The van der Waals surface area contributed by atoms with Crippen LogP contribution in [0.2, 0.25) is 0 Å². The Kier molecular flexibility index (Phi) is 15.3. The normalized spacial score (nSPS) is 16.6. The van der Waals surface area contributed by atoms with Crippen molar-refractivity contribution in [3.63, 3.8) is 0 Å². The number of hydrogen-bond acceptors (Lipinski definition) is 13. The molecule has 6 aromatic rings. The van der Waals surface area contributed by atoms with Gasteiger partial charge in [0.1, 0.15) is 32.0 Å². The molecule has 0 aliphatic carbocycles. The van der Waals surface area contributed by atoms with Gasteiger partial charge >= 0.3 is 6.09 Å². The third kappa shape index (κ3) is 12.2. The van der Waals surface area contributed by atoms with E-state index in [-0.39, 0.29) is 23.3 Å². The predicted molar refractivity (Wildman–Crippen MR) is 278 cm³/mol. The first kappa shape index (κ1) is 49.2. The lowest BCUT2D eigenvalue weighted by atomic mass is 10.0. The standard InChI is InChI=1S/C30H38N4O5.C25H30N4O3/c1-30(2,3)39-29(36)34(20-21-7-9-26-27(19-21)38-18-17-37-26)22-11-13-32(14-12-22)15-16-33-25-6-4-5-24(31)23(25)8-10-28(33)35;26-21-2-1-3-22-20(21)5-7-25(30)29(22)13-12-28-10-8-19(9-11-28)27-17-18-4-6-23-24(16-18)32-15-14-31-23/h4-10,19,22H,11-18,20,31H2,1-3H3;1-7,16,19,27H,8-15,17,26H2. The van der Waals surface area contributed by atoms with E-state index in [1.807, 2.05) is 97.0 Å². The van der Waals surface area contributed by atoms with E-state index in [2.05, 4.69) is 27.2 Å². The minimum atomic E-state index is -0.585. The first-order chi connectivity index (χ1) is 34.3. The zero-order chi connectivity index (χ0) is 49.5. The number of nitrogen functional groups attached to an aromatic ring is 2. The van der Waals surface area contributed by atoms with Crippen molar-refractivity contribution in [2.45, 2.75) is 90.3 Å². The number of likely N-dealkylation sites (tertiary alicyclic amines) is 2. The minimum absolute atomic E-state index is 0.0269. The molecular weight excluding hydrogens is 901 g/mol. The van der Waals surface area contributed by atoms with E-state index in [1.165, 1.54) is 5.56 Å². The summed E-state index contributed by atoms with van der Waals surface area (Å²) < 4.78 is 32.1. The molecule has 0 radical (unpaired) electrons. The van der Waals surface area contributed by atoms with Crippen LogP contribution in [-0.2, 0) is 30.9 Å². The molecule has 5 N–H and O–H groups in total. The number of nitrogens with one attached hydrogen (secondary N) is 1. The van der Waals surface area contributed by atoms with Gasteiger partial charge in [0.15, 0.2) is 23.0 Å². The molecule has 4 aliphatic heterocycles. The Morgan fingerprint density at radius 3 is 1.62 bits per heavy atom. The molecule has 16 nitrogen and oxygen atoms in total. The molecule has 71 heavy (non-hydrogen) atoms. The molecule has 1 amide bonds. The number of carbonyl (C=O) groups excluding carboxylic acids is 1. The number of piperidine rings is 2. The predicted octanol–water partition coefficient (Wildman–Crippen LogP) is 6.87. The van der Waals surface area contributed by atoms with Crippen molar-refractivity contribution < 1.29 is 28.5 Å². The quantitative estimate of drug-likeness (QED) is 0.108. The number of anilines is 2. The third-order valence-corrected chi connectivity index (χ3v) is 13.8. The summed E-state index contributed by atoms with van der Waals surface area (Å²) in [6, 6.07) is 30.8. The van der Waals surface area contributed by atoms with E-state index in [1.54, 1.807) is 22.8 Å². The molecule has 0 unspecified atom stereocenters. The Hall–Kier alpha value is -6.75. The van der Waals surface area contributed by atoms with Crippen LogP contribution in [0.25, 0.3) is 21.8 Å². The lowest BCUT2D eigenvalue weighted by Crippen LogP contribution is -2.49. The summed E-state index contributed by atoms with van der Waals surface area (Å²) in [5, 5.41) is 5.52. The van der Waals surface area contributed by atoms with Crippen molar-refractivity contribution in [3.8, 4) is 23.0 Å². The third-order valence-electron chi connectivity index (χ3n) is 13.8. The Morgan fingerprint density at radius 2 is 1.10 bits per heavy atom. The number of carbonyl (C=O) groups is 1. The Labute approximate surface area is 414 Å². The minimum Gasteiger partial charge on any atom is -0.486 e. The van der Waals surface area contributed by atoms with Gasteiger partial charge in [0.05, 0.1) is 11.0 Å². The van der Waals surface area contributed by atoms with Gasteiger partial charge in [-0.1, -0.05) is 24.3 Å². The fourth-order valence-electron chi connectivity index (χ4n) is 9.97. The molecule has 0 atom stereocenters. The van der Waals surface area contributed by atoms with E-state index in [0.717, 1.165) is 116 Å². The summed E-state index contributed by atoms with van der Waals surface area (Å²) in [4.78, 5) is 45.1. The fourth-order valence-corrected chi connectivity index (χ4v) is 9.97. The second kappa shape index (κ2) is 22.1. The SMILES string of the molecule is CC(C)(C)OC(=O)N(Cc1ccc2c(c1)OCCO2)C1CCN(CCn2c(=O)ccc3c(N)cccc32)CC1.Nc1cccc2c1ccc(=O)n2CCN1CCC(NCc2ccc3c(c2)OCCO3)CC1. The number of benzene rings is 4. The van der Waals surface area contributed by atoms with Crippen LogP contribution in [0.3, 0.4) is 0 Å². The number of aromatic nitrogens is 2. The number of pyridine rings is 2. The maximum atomic E-state index is 13.3. The number of nitrogens with two attached hydrogens (primary N) is 2. The largest absolute Gasteiger partial charge is 0.486 e. The molecule has 0 bridgehead atoms. The van der Waals surface area contributed by atoms with Crippen LogP contribution in [0, 0.1) is 0 Å². The maximum absolute atomic E-state index is 13.3. The van der Waals surface area contributed by atoms with E-state index < -0.39 is 5.60 Å². The number of nitrogens with zero attached hydrogens (tertiary/aromatic N) is 5. The summed E-state index contributed by atoms with van der Waals surface area (Å²) in [6.45, 7) is 15.8. The second-order valence-electron chi connectivity index (χ2n) is 19.8. The topological polar surface area (TPSA) is 181 Å². The van der Waals surface area contributed by atoms with Gasteiger partial charge in [0.25, 0.3) is 11.1 Å². The van der Waals surface area contributed by atoms with E-state index in [9.17, 15) is 14.4 Å². The average molecular weight is 969 g/mol. The van der Waals surface area contributed by atoms with Crippen molar-refractivity contribution in [2.75, 3.05) is 77.2 Å². The molecule has 2 saturated heterocycles. The van der Waals surface area contributed by atoms with Crippen molar-refractivity contribution in [1.82, 2.24) is 29.2 Å². The molecule has 0 spiro atoms. The number of ether oxygens (including phenoxy) is 5. The Bertz CT molecular complexity index is 2930. The van der Waals surface area contributed by atoms with Gasteiger partial charge in [-0.25, -0.2) is 4.79 Å². The zero-order valence-electron chi connectivity index (χ0n) is 41.3. The molecule has 16 heteroatoms. The first-order valence-corrected chi connectivity index (χ1v) is 25.1. The highest BCUT2D eigenvalue weighted by atomic mass is 16.6. The van der Waals surface area contributed by atoms with Crippen molar-refractivity contribution in [2.24, 2.45) is 0 Å². The Morgan fingerprint density at radius 1 is 0.620 bits per heavy atom. The number of hydrogen-bond donors (Lipinski definition) is 3. The van der Waals surface area contributed by atoms with Crippen molar-refractivity contribution >= 4 is 39.3 Å². The van der Waals surface area contributed by atoms with E-state index in [4.69, 9.17) is 35.2 Å². The molecule has 4 aliphatic rings. The van der Waals surface area contributed by atoms with Gasteiger partial charge in [0.2, 0.25) is 0 Å². The van der Waals surface area contributed by atoms with Crippen LogP contribution in [0.5, 0.6) is 23.0 Å². The molecular formula is C55H68N8O8. The average Bonchev–Trinajstić information content (AvgIpc) is 3.37. The summed E-state index contributed by atoms with van der Waals surface area (Å²) in [5.74, 6) is 3.12. The first-order valence-electron chi connectivity index (χ1n) is 25.1. The van der Waals surface area contributed by atoms with Gasteiger partial charge in [-0.3, -0.25) is 9.59 Å². The zero-order valence-corrected chi connectivity index (χ0v) is 41.3. The van der Waals surface area contributed by atoms with Gasteiger partial charge in [-0.05, 0) is 131 Å². The Balaban J connectivity index is 0.000000179. The van der Waals surface area contributed by atoms with Crippen molar-refractivity contribution in [3.05, 3.63) is 129 Å².